The van der Waals surface area contributed by atoms with Gasteiger partial charge in [-0.15, -0.1) is 0 Å². The van der Waals surface area contributed by atoms with Crippen molar-refractivity contribution in [2.75, 3.05) is 26.7 Å². The molecule has 0 spiro atoms. The predicted molar refractivity (Wildman–Crippen MR) is 188 cm³/mol. The standard InChI is InChI=1S/C39H41N5O4/c1-4-43(35(45)19-26-18-31-29-10-7-11-33-36(29)27(21-40-33)20-34(31)42(3)22-26)15-14-24-8-6-9-25(16-24)17-28-12-13-30-37(46)32(39(47)48)23-44(5-2)38(30)41-28/h6-13,16,18,21,23,26,34,40H,4-5,14-15,17,19-20,22H2,1-3H3,(H,47,48)/t26-,34+/m0/s1. The molecule has 0 fully saturated rings. The molecule has 5 aromatic rings. The van der Waals surface area contributed by atoms with Gasteiger partial charge >= 0.3 is 5.97 Å². The van der Waals surface area contributed by atoms with Gasteiger partial charge in [0.05, 0.1) is 5.39 Å². The van der Waals surface area contributed by atoms with Crippen molar-refractivity contribution in [1.82, 2.24) is 24.3 Å². The average molecular weight is 644 g/mol. The van der Waals surface area contributed by atoms with Crippen LogP contribution in [0.4, 0.5) is 0 Å². The number of rotatable bonds is 10. The predicted octanol–water partition coefficient (Wildman–Crippen LogP) is 5.54. The lowest BCUT2D eigenvalue weighted by molar-refractivity contribution is -0.131. The third-order valence-electron chi connectivity index (χ3n) is 10.1. The van der Waals surface area contributed by atoms with Crippen molar-refractivity contribution >= 4 is 39.4 Å². The number of aryl methyl sites for hydroxylation is 1. The smallest absolute Gasteiger partial charge is 0.341 e. The van der Waals surface area contributed by atoms with E-state index in [0.717, 1.165) is 36.2 Å². The number of likely N-dealkylation sites (N-methyl/N-ethyl adjacent to an activating group) is 2. The Morgan fingerprint density at radius 1 is 1.08 bits per heavy atom. The van der Waals surface area contributed by atoms with Crippen LogP contribution in [-0.4, -0.2) is 74.0 Å². The van der Waals surface area contributed by atoms with E-state index in [2.05, 4.69) is 65.6 Å². The fourth-order valence-electron chi connectivity index (χ4n) is 7.65. The van der Waals surface area contributed by atoms with E-state index < -0.39 is 11.4 Å². The summed E-state index contributed by atoms with van der Waals surface area (Å²) < 4.78 is 1.71. The summed E-state index contributed by atoms with van der Waals surface area (Å²) in [5.41, 5.74) is 7.95. The molecule has 0 bridgehead atoms. The van der Waals surface area contributed by atoms with Gasteiger partial charge in [-0.25, -0.2) is 9.78 Å². The molecule has 3 aromatic heterocycles. The number of aromatic nitrogens is 3. The monoisotopic (exact) mass is 643 g/mol. The summed E-state index contributed by atoms with van der Waals surface area (Å²) in [6, 6.07) is 18.6. The lowest BCUT2D eigenvalue weighted by Gasteiger charge is -2.40. The molecule has 1 amide bonds. The number of amides is 1. The van der Waals surface area contributed by atoms with Gasteiger partial charge in [-0.3, -0.25) is 14.5 Å². The van der Waals surface area contributed by atoms with Gasteiger partial charge < -0.3 is 19.6 Å². The van der Waals surface area contributed by atoms with Crippen LogP contribution in [0.25, 0.3) is 27.5 Å². The van der Waals surface area contributed by atoms with E-state index in [-0.39, 0.29) is 17.4 Å². The molecule has 48 heavy (non-hydrogen) atoms. The molecule has 2 atom stereocenters. The highest BCUT2D eigenvalue weighted by atomic mass is 16.4. The zero-order valence-corrected chi connectivity index (χ0v) is 27.7. The number of nitrogens with one attached hydrogen (secondary N) is 1. The summed E-state index contributed by atoms with van der Waals surface area (Å²) >= 11 is 0. The van der Waals surface area contributed by atoms with Gasteiger partial charge in [0.2, 0.25) is 11.3 Å². The number of carboxylic acids is 1. The number of carbonyl (C=O) groups is 2. The Morgan fingerprint density at radius 2 is 1.90 bits per heavy atom. The van der Waals surface area contributed by atoms with Crippen molar-refractivity contribution in [2.24, 2.45) is 5.92 Å². The Balaban J connectivity index is 1.03. The van der Waals surface area contributed by atoms with Crippen LogP contribution in [-0.2, 0) is 30.6 Å². The van der Waals surface area contributed by atoms with Gasteiger partial charge in [-0.1, -0.05) is 42.5 Å². The third kappa shape index (κ3) is 5.83. The second-order valence-electron chi connectivity index (χ2n) is 13.1. The minimum Gasteiger partial charge on any atom is -0.477 e. The maximum Gasteiger partial charge on any atom is 0.341 e. The van der Waals surface area contributed by atoms with E-state index in [9.17, 15) is 19.5 Å². The molecular weight excluding hydrogens is 602 g/mol. The van der Waals surface area contributed by atoms with Crippen LogP contribution >= 0.6 is 0 Å². The van der Waals surface area contributed by atoms with E-state index in [0.29, 0.717) is 49.6 Å². The molecule has 7 rings (SSSR count). The lowest BCUT2D eigenvalue weighted by atomic mass is 9.79. The third-order valence-corrected chi connectivity index (χ3v) is 10.1. The van der Waals surface area contributed by atoms with Crippen LogP contribution in [0.2, 0.25) is 0 Å². The SMILES string of the molecule is CCN(CCc1cccc(Cc2ccc3c(=O)c(C(=O)O)cn(CC)c3n2)c1)C(=O)C[C@@H]1C=C2c3cccc4[nH]cc(c34)C[C@H]2N(C)C1. The summed E-state index contributed by atoms with van der Waals surface area (Å²) in [5, 5.41) is 11.1. The summed E-state index contributed by atoms with van der Waals surface area (Å²) in [5.74, 6) is -0.887. The average Bonchev–Trinajstić information content (AvgIpc) is 3.50. The van der Waals surface area contributed by atoms with Crippen LogP contribution in [0.5, 0.6) is 0 Å². The van der Waals surface area contributed by atoms with E-state index in [1.807, 2.05) is 24.8 Å². The van der Waals surface area contributed by atoms with Gasteiger partial charge in [-0.2, -0.15) is 0 Å². The van der Waals surface area contributed by atoms with Crippen molar-refractivity contribution in [3.63, 3.8) is 0 Å². The molecule has 246 valence electrons. The lowest BCUT2D eigenvalue weighted by Crippen LogP contribution is -2.44. The summed E-state index contributed by atoms with van der Waals surface area (Å²) in [6.07, 6.45) is 8.70. The van der Waals surface area contributed by atoms with Crippen molar-refractivity contribution < 1.29 is 14.7 Å². The van der Waals surface area contributed by atoms with Crippen LogP contribution < -0.4 is 5.43 Å². The molecule has 0 radical (unpaired) electrons. The first-order valence-corrected chi connectivity index (χ1v) is 16.9. The number of nitrogens with zero attached hydrogens (tertiary/aromatic N) is 4. The molecule has 9 heteroatoms. The first-order chi connectivity index (χ1) is 23.2. The van der Waals surface area contributed by atoms with Crippen LogP contribution in [0, 0.1) is 5.92 Å². The van der Waals surface area contributed by atoms with Crippen molar-refractivity contribution in [1.29, 1.82) is 0 Å². The molecular formula is C39H41N5O4. The Labute approximate surface area is 279 Å². The van der Waals surface area contributed by atoms with Gasteiger partial charge in [0.15, 0.2) is 0 Å². The van der Waals surface area contributed by atoms with Gasteiger partial charge in [0.25, 0.3) is 0 Å². The molecule has 0 unspecified atom stereocenters. The van der Waals surface area contributed by atoms with E-state index in [1.54, 1.807) is 16.7 Å². The summed E-state index contributed by atoms with van der Waals surface area (Å²) in [4.78, 5) is 50.5. The number of hydrogen-bond acceptors (Lipinski definition) is 5. The van der Waals surface area contributed by atoms with Crippen LogP contribution in [0.1, 0.15) is 58.6 Å². The van der Waals surface area contributed by atoms with E-state index in [4.69, 9.17) is 4.98 Å². The van der Waals surface area contributed by atoms with Gasteiger partial charge in [0.1, 0.15) is 11.2 Å². The van der Waals surface area contributed by atoms with Crippen molar-refractivity contribution in [2.45, 2.75) is 52.1 Å². The van der Waals surface area contributed by atoms with Crippen molar-refractivity contribution in [3.8, 4) is 0 Å². The number of fused-ring (bicyclic) bond motifs is 3. The zero-order chi connectivity index (χ0) is 33.5. The van der Waals surface area contributed by atoms with E-state index >= 15 is 0 Å². The fraction of sp³-hybridized carbons (Fsp3) is 0.333. The highest BCUT2D eigenvalue weighted by molar-refractivity contribution is 5.98. The maximum absolute atomic E-state index is 13.6. The fourth-order valence-corrected chi connectivity index (χ4v) is 7.65. The normalized spacial score (nSPS) is 17.4. The summed E-state index contributed by atoms with van der Waals surface area (Å²) in [6.45, 7) is 6.62. The molecule has 1 aliphatic carbocycles. The first kappa shape index (κ1) is 31.6. The number of benzene rings is 2. The Morgan fingerprint density at radius 3 is 2.69 bits per heavy atom. The highest BCUT2D eigenvalue weighted by Gasteiger charge is 2.34. The minimum atomic E-state index is -1.24. The van der Waals surface area contributed by atoms with E-state index in [1.165, 1.54) is 33.8 Å². The number of aromatic amines is 1. The van der Waals surface area contributed by atoms with Crippen LogP contribution in [0.3, 0.4) is 0 Å². The largest absolute Gasteiger partial charge is 0.477 e. The summed E-state index contributed by atoms with van der Waals surface area (Å²) in [7, 11) is 2.18. The molecule has 0 saturated carbocycles. The maximum atomic E-state index is 13.6. The second kappa shape index (κ2) is 12.9. The number of hydrogen-bond donors (Lipinski definition) is 2. The number of pyridine rings is 2. The zero-order valence-electron chi connectivity index (χ0n) is 27.7. The molecule has 4 heterocycles. The van der Waals surface area contributed by atoms with Crippen LogP contribution in [0.15, 0.2) is 77.9 Å². The number of aromatic carboxylic acids is 1. The highest BCUT2D eigenvalue weighted by Crippen LogP contribution is 2.41. The van der Waals surface area contributed by atoms with Gasteiger partial charge in [0, 0.05) is 74.1 Å². The number of carboxylic acid groups (broad SMARTS) is 1. The topological polar surface area (TPSA) is 112 Å². The number of carbonyl (C=O) groups excluding carboxylic acids is 1. The minimum absolute atomic E-state index is 0.163. The van der Waals surface area contributed by atoms with Crippen molar-refractivity contribution in [3.05, 3.63) is 117 Å². The molecule has 1 aliphatic heterocycles. The molecule has 2 aromatic carbocycles. The second-order valence-corrected chi connectivity index (χ2v) is 13.1. The Bertz CT molecular complexity index is 2140. The molecule has 0 saturated heterocycles. The Hall–Kier alpha value is -5.02. The van der Waals surface area contributed by atoms with Gasteiger partial charge in [-0.05, 0) is 85.7 Å². The Kier molecular flexibility index (Phi) is 8.47. The quantitative estimate of drug-likeness (QED) is 0.207. The number of H-pyrrole nitrogens is 1. The molecule has 2 aliphatic rings. The molecule has 9 nitrogen and oxygen atoms in total. The molecule has 2 N–H and O–H groups in total. The first-order valence-electron chi connectivity index (χ1n) is 16.9.